The number of aromatic nitrogens is 1. The molecule has 1 atom stereocenters. The van der Waals surface area contributed by atoms with E-state index < -0.39 is 0 Å². The van der Waals surface area contributed by atoms with Crippen molar-refractivity contribution in [2.45, 2.75) is 38.6 Å². The van der Waals surface area contributed by atoms with Crippen molar-refractivity contribution in [1.29, 1.82) is 0 Å². The van der Waals surface area contributed by atoms with Crippen molar-refractivity contribution in [3.63, 3.8) is 0 Å². The number of carbonyl (C=O) groups is 2. The van der Waals surface area contributed by atoms with Crippen LogP contribution < -0.4 is 0 Å². The lowest BCUT2D eigenvalue weighted by atomic mass is 9.78. The SMILES string of the molecule is O=C(CCc1cccs1)N1CCC2(CCCN(Cc3cccnc3)C2=O)C1. The van der Waals surface area contributed by atoms with Crippen LogP contribution in [0.4, 0.5) is 0 Å². The lowest BCUT2D eigenvalue weighted by Crippen LogP contribution is -2.50. The fourth-order valence-corrected chi connectivity index (χ4v) is 5.03. The smallest absolute Gasteiger partial charge is 0.230 e. The van der Waals surface area contributed by atoms with Gasteiger partial charge < -0.3 is 9.80 Å². The monoisotopic (exact) mass is 383 g/mol. The third-order valence-electron chi connectivity index (χ3n) is 5.79. The van der Waals surface area contributed by atoms with Crippen molar-refractivity contribution in [2.75, 3.05) is 19.6 Å². The van der Waals surface area contributed by atoms with E-state index in [0.29, 0.717) is 26.1 Å². The van der Waals surface area contributed by atoms with Crippen LogP contribution in [0.25, 0.3) is 0 Å². The quantitative estimate of drug-likeness (QED) is 0.797. The van der Waals surface area contributed by atoms with Crippen molar-refractivity contribution in [2.24, 2.45) is 5.41 Å². The predicted octanol–water partition coefficient (Wildman–Crippen LogP) is 3.12. The number of pyridine rings is 1. The summed E-state index contributed by atoms with van der Waals surface area (Å²) in [6, 6.07) is 8.01. The lowest BCUT2D eigenvalue weighted by Gasteiger charge is -2.39. The molecule has 2 fully saturated rings. The Bertz CT molecular complexity index is 793. The summed E-state index contributed by atoms with van der Waals surface area (Å²) < 4.78 is 0. The molecule has 2 amide bonds. The Morgan fingerprint density at radius 3 is 2.93 bits per heavy atom. The first-order chi connectivity index (χ1) is 13.2. The van der Waals surface area contributed by atoms with Gasteiger partial charge in [0.15, 0.2) is 0 Å². The standard InChI is InChI=1S/C21H25N3O2S/c25-19(7-6-18-5-2-13-27-18)24-12-9-21(16-24)8-3-11-23(20(21)26)15-17-4-1-10-22-14-17/h1-2,4-5,10,13-14H,3,6-9,11-12,15-16H2. The zero-order chi connectivity index (χ0) is 18.7. The second-order valence-corrected chi connectivity index (χ2v) is 8.65. The van der Waals surface area contributed by atoms with Gasteiger partial charge >= 0.3 is 0 Å². The molecule has 4 heterocycles. The molecule has 1 spiro atoms. The van der Waals surface area contributed by atoms with E-state index in [-0.39, 0.29) is 17.2 Å². The maximum absolute atomic E-state index is 13.2. The highest BCUT2D eigenvalue weighted by Crippen LogP contribution is 2.40. The van der Waals surface area contributed by atoms with Gasteiger partial charge in [-0.3, -0.25) is 14.6 Å². The maximum atomic E-state index is 13.2. The number of hydrogen-bond acceptors (Lipinski definition) is 4. The van der Waals surface area contributed by atoms with Gasteiger partial charge in [0.2, 0.25) is 11.8 Å². The van der Waals surface area contributed by atoms with Gasteiger partial charge in [-0.15, -0.1) is 11.3 Å². The van der Waals surface area contributed by atoms with E-state index in [1.54, 1.807) is 17.5 Å². The number of piperidine rings is 1. The molecule has 2 aromatic rings. The molecule has 2 aromatic heterocycles. The first-order valence-electron chi connectivity index (χ1n) is 9.65. The fourth-order valence-electron chi connectivity index (χ4n) is 4.32. The lowest BCUT2D eigenvalue weighted by molar-refractivity contribution is -0.146. The topological polar surface area (TPSA) is 53.5 Å². The summed E-state index contributed by atoms with van der Waals surface area (Å²) in [5, 5.41) is 2.04. The van der Waals surface area contributed by atoms with E-state index in [9.17, 15) is 9.59 Å². The molecule has 0 bridgehead atoms. The van der Waals surface area contributed by atoms with Crippen molar-refractivity contribution < 1.29 is 9.59 Å². The molecule has 142 valence electrons. The minimum Gasteiger partial charge on any atom is -0.342 e. The number of aryl methyl sites for hydroxylation is 1. The summed E-state index contributed by atoms with van der Waals surface area (Å²) in [5.41, 5.74) is 0.684. The first-order valence-corrected chi connectivity index (χ1v) is 10.5. The Labute approximate surface area is 164 Å². The molecule has 0 saturated carbocycles. The number of amides is 2. The van der Waals surface area contributed by atoms with E-state index >= 15 is 0 Å². The zero-order valence-corrected chi connectivity index (χ0v) is 16.3. The van der Waals surface area contributed by atoms with Crippen molar-refractivity contribution in [3.8, 4) is 0 Å². The van der Waals surface area contributed by atoms with Gasteiger partial charge in [0.25, 0.3) is 0 Å². The Morgan fingerprint density at radius 1 is 1.22 bits per heavy atom. The normalized spacial score (nSPS) is 22.6. The molecule has 4 rings (SSSR count). The summed E-state index contributed by atoms with van der Waals surface area (Å²) in [6.45, 7) is 2.69. The van der Waals surface area contributed by atoms with Gasteiger partial charge in [-0.25, -0.2) is 0 Å². The van der Waals surface area contributed by atoms with Crippen molar-refractivity contribution >= 4 is 23.2 Å². The van der Waals surface area contributed by atoms with E-state index in [1.165, 1.54) is 4.88 Å². The molecule has 0 N–H and O–H groups in total. The van der Waals surface area contributed by atoms with Crippen LogP contribution in [0.3, 0.4) is 0 Å². The van der Waals surface area contributed by atoms with Crippen LogP contribution in [0.15, 0.2) is 42.0 Å². The number of rotatable bonds is 5. The summed E-state index contributed by atoms with van der Waals surface area (Å²) in [5.74, 6) is 0.392. The maximum Gasteiger partial charge on any atom is 0.230 e. The molecule has 1 unspecified atom stereocenters. The fraction of sp³-hybridized carbons (Fsp3) is 0.476. The van der Waals surface area contributed by atoms with E-state index in [4.69, 9.17) is 0 Å². The Hall–Kier alpha value is -2.21. The molecule has 2 aliphatic heterocycles. The van der Waals surface area contributed by atoms with Crippen LogP contribution in [-0.2, 0) is 22.6 Å². The molecule has 27 heavy (non-hydrogen) atoms. The molecule has 5 nitrogen and oxygen atoms in total. The highest BCUT2D eigenvalue weighted by atomic mass is 32.1. The zero-order valence-electron chi connectivity index (χ0n) is 15.5. The van der Waals surface area contributed by atoms with E-state index in [2.05, 4.69) is 11.1 Å². The highest BCUT2D eigenvalue weighted by Gasteiger charge is 2.49. The molecule has 0 radical (unpaired) electrons. The second kappa shape index (κ2) is 7.80. The van der Waals surface area contributed by atoms with Gasteiger partial charge in [0, 0.05) is 49.9 Å². The van der Waals surface area contributed by atoms with Crippen molar-refractivity contribution in [3.05, 3.63) is 52.5 Å². The van der Waals surface area contributed by atoms with Crippen LogP contribution in [0.1, 0.15) is 36.1 Å². The summed E-state index contributed by atoms with van der Waals surface area (Å²) in [6.07, 6.45) is 7.59. The molecule has 2 saturated heterocycles. The molecular weight excluding hydrogens is 358 g/mol. The number of nitrogens with zero attached hydrogens (tertiary/aromatic N) is 3. The largest absolute Gasteiger partial charge is 0.342 e. The van der Waals surface area contributed by atoms with Crippen LogP contribution in [0.2, 0.25) is 0 Å². The first kappa shape index (κ1) is 18.2. The van der Waals surface area contributed by atoms with E-state index in [0.717, 1.165) is 37.8 Å². The Balaban J connectivity index is 1.38. The molecule has 2 aliphatic rings. The molecule has 0 aromatic carbocycles. The number of carbonyl (C=O) groups excluding carboxylic acids is 2. The summed E-state index contributed by atoms with van der Waals surface area (Å²) in [4.78, 5) is 35.1. The molecule has 0 aliphatic carbocycles. The highest BCUT2D eigenvalue weighted by molar-refractivity contribution is 7.09. The Kier molecular flexibility index (Phi) is 5.25. The third kappa shape index (κ3) is 3.90. The third-order valence-corrected chi connectivity index (χ3v) is 6.73. The molecular formula is C21H25N3O2S. The number of thiophene rings is 1. The van der Waals surface area contributed by atoms with Crippen LogP contribution >= 0.6 is 11.3 Å². The minimum atomic E-state index is -0.376. The van der Waals surface area contributed by atoms with E-state index in [1.807, 2.05) is 39.6 Å². The average Bonchev–Trinajstić information content (AvgIpc) is 3.35. The predicted molar refractivity (Wildman–Crippen MR) is 105 cm³/mol. The van der Waals surface area contributed by atoms with Gasteiger partial charge in [-0.2, -0.15) is 0 Å². The van der Waals surface area contributed by atoms with Crippen LogP contribution in [0, 0.1) is 5.41 Å². The number of hydrogen-bond donors (Lipinski definition) is 0. The average molecular weight is 384 g/mol. The number of likely N-dealkylation sites (tertiary alicyclic amines) is 2. The van der Waals surface area contributed by atoms with Crippen molar-refractivity contribution in [1.82, 2.24) is 14.8 Å². The van der Waals surface area contributed by atoms with Crippen LogP contribution in [0.5, 0.6) is 0 Å². The van der Waals surface area contributed by atoms with Gasteiger partial charge in [0.05, 0.1) is 5.41 Å². The van der Waals surface area contributed by atoms with Gasteiger partial charge in [-0.1, -0.05) is 12.1 Å². The summed E-state index contributed by atoms with van der Waals surface area (Å²) >= 11 is 1.69. The summed E-state index contributed by atoms with van der Waals surface area (Å²) in [7, 11) is 0. The minimum absolute atomic E-state index is 0.178. The molecule has 6 heteroatoms. The second-order valence-electron chi connectivity index (χ2n) is 7.62. The van der Waals surface area contributed by atoms with Gasteiger partial charge in [-0.05, 0) is 48.8 Å². The Morgan fingerprint density at radius 2 is 2.15 bits per heavy atom. The van der Waals surface area contributed by atoms with Gasteiger partial charge in [0.1, 0.15) is 0 Å². The van der Waals surface area contributed by atoms with Crippen LogP contribution in [-0.4, -0.2) is 46.2 Å².